The molecule has 1 aliphatic heterocycles. The van der Waals surface area contributed by atoms with Gasteiger partial charge in [-0.3, -0.25) is 0 Å². The molecular formula is C15H12ClN3O3S2. The third-order valence-corrected chi connectivity index (χ3v) is 7.25. The van der Waals surface area contributed by atoms with E-state index < -0.39 is 10.0 Å². The molecule has 4 rings (SSSR count). The number of benzene rings is 1. The molecule has 0 aliphatic carbocycles. The summed E-state index contributed by atoms with van der Waals surface area (Å²) in [5.74, 6) is 0.815. The van der Waals surface area contributed by atoms with E-state index in [0.29, 0.717) is 34.0 Å². The predicted octanol–water partition coefficient (Wildman–Crippen LogP) is 3.24. The lowest BCUT2D eigenvalue weighted by molar-refractivity contribution is 0.217. The molecule has 0 atom stereocenters. The molecule has 0 spiro atoms. The topological polar surface area (TPSA) is 76.3 Å². The van der Waals surface area contributed by atoms with E-state index in [2.05, 4.69) is 10.1 Å². The highest BCUT2D eigenvalue weighted by Gasteiger charge is 2.40. The molecule has 0 bridgehead atoms. The average Bonchev–Trinajstić information content (AvgIpc) is 3.17. The van der Waals surface area contributed by atoms with Crippen LogP contribution in [0.3, 0.4) is 0 Å². The van der Waals surface area contributed by atoms with Crippen molar-refractivity contribution in [2.24, 2.45) is 0 Å². The van der Waals surface area contributed by atoms with Crippen molar-refractivity contribution in [2.45, 2.75) is 10.1 Å². The maximum Gasteiger partial charge on any atom is 0.252 e. The molecule has 1 aliphatic rings. The molecule has 3 aromatic rings. The lowest BCUT2D eigenvalue weighted by atomic mass is 10.0. The van der Waals surface area contributed by atoms with Crippen LogP contribution < -0.4 is 0 Å². The average molecular weight is 382 g/mol. The lowest BCUT2D eigenvalue weighted by Gasteiger charge is -2.35. The van der Waals surface area contributed by atoms with Crippen molar-refractivity contribution >= 4 is 33.0 Å². The molecule has 2 aromatic heterocycles. The minimum atomic E-state index is -3.41. The van der Waals surface area contributed by atoms with E-state index in [4.69, 9.17) is 16.1 Å². The highest BCUT2D eigenvalue weighted by molar-refractivity contribution is 7.91. The highest BCUT2D eigenvalue weighted by Crippen LogP contribution is 2.33. The number of hydrogen-bond donors (Lipinski definition) is 0. The van der Waals surface area contributed by atoms with Crippen molar-refractivity contribution in [2.75, 3.05) is 13.1 Å². The Hall–Kier alpha value is -1.74. The monoisotopic (exact) mass is 381 g/mol. The normalized spacial score (nSPS) is 16.2. The molecular weight excluding hydrogens is 370 g/mol. The van der Waals surface area contributed by atoms with Crippen molar-refractivity contribution < 1.29 is 12.9 Å². The van der Waals surface area contributed by atoms with E-state index in [-0.39, 0.29) is 5.92 Å². The Balaban J connectivity index is 1.48. The van der Waals surface area contributed by atoms with Gasteiger partial charge in [0.1, 0.15) is 4.21 Å². The first kappa shape index (κ1) is 15.8. The van der Waals surface area contributed by atoms with E-state index >= 15 is 0 Å². The molecule has 1 aromatic carbocycles. The van der Waals surface area contributed by atoms with Crippen LogP contribution in [-0.4, -0.2) is 36.0 Å². The number of rotatable bonds is 4. The van der Waals surface area contributed by atoms with Gasteiger partial charge in [0.05, 0.1) is 5.92 Å². The van der Waals surface area contributed by atoms with Gasteiger partial charge in [-0.15, -0.1) is 11.3 Å². The van der Waals surface area contributed by atoms with Crippen LogP contribution in [0.4, 0.5) is 0 Å². The van der Waals surface area contributed by atoms with Crippen LogP contribution in [-0.2, 0) is 10.0 Å². The number of sulfonamides is 1. The Labute approximate surface area is 147 Å². The van der Waals surface area contributed by atoms with Crippen molar-refractivity contribution in [1.29, 1.82) is 0 Å². The van der Waals surface area contributed by atoms with E-state index in [1.165, 1.54) is 15.6 Å². The molecule has 9 heteroatoms. The van der Waals surface area contributed by atoms with Crippen LogP contribution in [0.1, 0.15) is 11.8 Å². The molecule has 1 fully saturated rings. The van der Waals surface area contributed by atoms with Crippen molar-refractivity contribution in [3.8, 4) is 11.4 Å². The Kier molecular flexibility index (Phi) is 3.92. The van der Waals surface area contributed by atoms with Crippen LogP contribution in [0, 0.1) is 0 Å². The van der Waals surface area contributed by atoms with Crippen LogP contribution in [0.5, 0.6) is 0 Å². The van der Waals surface area contributed by atoms with Crippen molar-refractivity contribution in [3.05, 3.63) is 52.7 Å². The van der Waals surface area contributed by atoms with Crippen LogP contribution >= 0.6 is 22.9 Å². The van der Waals surface area contributed by atoms with Gasteiger partial charge in [0.2, 0.25) is 11.7 Å². The molecule has 1 saturated heterocycles. The van der Waals surface area contributed by atoms with Gasteiger partial charge < -0.3 is 4.52 Å². The molecule has 0 amide bonds. The van der Waals surface area contributed by atoms with Gasteiger partial charge in [-0.25, -0.2) is 8.42 Å². The van der Waals surface area contributed by atoms with Gasteiger partial charge in [0.15, 0.2) is 0 Å². The van der Waals surface area contributed by atoms with E-state index in [1.807, 2.05) is 12.1 Å². The van der Waals surface area contributed by atoms with E-state index in [9.17, 15) is 8.42 Å². The van der Waals surface area contributed by atoms with Crippen molar-refractivity contribution in [1.82, 2.24) is 14.4 Å². The zero-order valence-electron chi connectivity index (χ0n) is 12.3. The van der Waals surface area contributed by atoms with Crippen molar-refractivity contribution in [3.63, 3.8) is 0 Å². The zero-order chi connectivity index (χ0) is 16.7. The second-order valence-corrected chi connectivity index (χ2v) is 8.97. The maximum absolute atomic E-state index is 12.4. The number of hydrogen-bond acceptors (Lipinski definition) is 6. The first-order valence-corrected chi connectivity index (χ1v) is 9.87. The van der Waals surface area contributed by atoms with Crippen LogP contribution in [0.2, 0.25) is 5.02 Å². The third kappa shape index (κ3) is 2.75. The molecule has 0 radical (unpaired) electrons. The highest BCUT2D eigenvalue weighted by atomic mass is 35.5. The van der Waals surface area contributed by atoms with Gasteiger partial charge in [-0.05, 0) is 23.6 Å². The summed E-state index contributed by atoms with van der Waals surface area (Å²) in [6, 6.07) is 10.5. The minimum absolute atomic E-state index is 0.0832. The summed E-state index contributed by atoms with van der Waals surface area (Å²) in [5, 5.41) is 6.30. The summed E-state index contributed by atoms with van der Waals surface area (Å²) >= 11 is 7.18. The molecule has 0 unspecified atom stereocenters. The molecule has 24 heavy (non-hydrogen) atoms. The SMILES string of the molecule is O=S(=O)(c1cccs1)N1CC(c2nc(-c3cccc(Cl)c3)no2)C1. The summed E-state index contributed by atoms with van der Waals surface area (Å²) < 4.78 is 31.8. The third-order valence-electron chi connectivity index (χ3n) is 3.81. The minimum Gasteiger partial charge on any atom is -0.339 e. The number of thiophene rings is 1. The summed E-state index contributed by atoms with van der Waals surface area (Å²) in [6.45, 7) is 0.689. The predicted molar refractivity (Wildman–Crippen MR) is 90.6 cm³/mol. The molecule has 3 heterocycles. The van der Waals surface area contributed by atoms with Gasteiger partial charge in [-0.2, -0.15) is 9.29 Å². The summed E-state index contributed by atoms with van der Waals surface area (Å²) in [5.41, 5.74) is 0.764. The van der Waals surface area contributed by atoms with Crippen LogP contribution in [0.15, 0.2) is 50.5 Å². The smallest absolute Gasteiger partial charge is 0.252 e. The Morgan fingerprint density at radius 1 is 1.25 bits per heavy atom. The zero-order valence-corrected chi connectivity index (χ0v) is 14.7. The van der Waals surface area contributed by atoms with E-state index in [1.54, 1.807) is 29.6 Å². The Morgan fingerprint density at radius 2 is 2.08 bits per heavy atom. The first-order chi connectivity index (χ1) is 11.5. The fourth-order valence-electron chi connectivity index (χ4n) is 2.47. The van der Waals surface area contributed by atoms with Gasteiger partial charge in [-0.1, -0.05) is 35.0 Å². The van der Waals surface area contributed by atoms with Gasteiger partial charge in [0.25, 0.3) is 10.0 Å². The molecule has 124 valence electrons. The summed E-state index contributed by atoms with van der Waals surface area (Å²) in [7, 11) is -3.41. The van der Waals surface area contributed by atoms with E-state index in [0.717, 1.165) is 5.56 Å². The maximum atomic E-state index is 12.4. The fraction of sp³-hybridized carbons (Fsp3) is 0.200. The molecule has 0 saturated carbocycles. The molecule has 6 nitrogen and oxygen atoms in total. The first-order valence-electron chi connectivity index (χ1n) is 7.17. The number of nitrogens with zero attached hydrogens (tertiary/aromatic N) is 3. The van der Waals surface area contributed by atoms with Gasteiger partial charge in [0, 0.05) is 23.7 Å². The second kappa shape index (κ2) is 5.96. The van der Waals surface area contributed by atoms with Crippen LogP contribution in [0.25, 0.3) is 11.4 Å². The molecule has 0 N–H and O–H groups in total. The quantitative estimate of drug-likeness (QED) is 0.693. The standard InChI is InChI=1S/C15H12ClN3O3S2/c16-12-4-1-3-10(7-12)14-17-15(22-18-14)11-8-19(9-11)24(20,21)13-5-2-6-23-13/h1-7,11H,8-9H2. The van der Waals surface area contributed by atoms with Gasteiger partial charge >= 0.3 is 0 Å². The number of halogens is 1. The largest absolute Gasteiger partial charge is 0.339 e. The fourth-order valence-corrected chi connectivity index (χ4v) is 5.34. The lowest BCUT2D eigenvalue weighted by Crippen LogP contribution is -2.48. The summed E-state index contributed by atoms with van der Waals surface area (Å²) in [4.78, 5) is 4.37. The Morgan fingerprint density at radius 3 is 2.79 bits per heavy atom. The number of aromatic nitrogens is 2. The Bertz CT molecular complexity index is 964. The second-order valence-electron chi connectivity index (χ2n) is 5.42. The summed E-state index contributed by atoms with van der Waals surface area (Å²) in [6.07, 6.45) is 0.